The summed E-state index contributed by atoms with van der Waals surface area (Å²) >= 11 is 0. The van der Waals surface area contributed by atoms with Crippen molar-refractivity contribution in [1.29, 1.82) is 0 Å². The molecule has 0 amide bonds. The third-order valence-electron chi connectivity index (χ3n) is 3.71. The lowest BCUT2D eigenvalue weighted by molar-refractivity contribution is 0.0460. The zero-order valence-corrected chi connectivity index (χ0v) is 9.35. The van der Waals surface area contributed by atoms with E-state index in [2.05, 4.69) is 34.6 Å². The van der Waals surface area contributed by atoms with E-state index in [9.17, 15) is 0 Å². The first-order valence-electron chi connectivity index (χ1n) is 5.45. The van der Waals surface area contributed by atoms with E-state index in [1.807, 2.05) is 0 Å². The minimum atomic E-state index is 0.589. The maximum Gasteiger partial charge on any atom is -0.0314 e. The molecule has 1 fully saturated rings. The Morgan fingerprint density at radius 1 is 1.25 bits per heavy atom. The third-order valence-corrected chi connectivity index (χ3v) is 3.71. The fourth-order valence-corrected chi connectivity index (χ4v) is 3.56. The van der Waals surface area contributed by atoms with Crippen molar-refractivity contribution in [2.45, 2.75) is 53.9 Å². The van der Waals surface area contributed by atoms with Crippen molar-refractivity contribution in [1.82, 2.24) is 0 Å². The van der Waals surface area contributed by atoms with Crippen LogP contribution in [-0.2, 0) is 0 Å². The highest BCUT2D eigenvalue weighted by atomic mass is 14.4. The summed E-state index contributed by atoms with van der Waals surface area (Å²) in [5.41, 5.74) is 0.589. The Labute approximate surface area is 77.7 Å². The van der Waals surface area contributed by atoms with Gasteiger partial charge in [-0.15, -0.1) is 0 Å². The second-order valence-electron chi connectivity index (χ2n) is 5.63. The molecule has 0 spiro atoms. The van der Waals surface area contributed by atoms with Crippen LogP contribution in [0.4, 0.5) is 0 Å². The molecule has 0 saturated heterocycles. The molecule has 0 aliphatic heterocycles. The molecule has 1 aliphatic rings. The Bertz CT molecular complexity index is 144. The van der Waals surface area contributed by atoms with Crippen LogP contribution in [0.15, 0.2) is 0 Å². The molecule has 1 aliphatic carbocycles. The Morgan fingerprint density at radius 3 is 2.17 bits per heavy atom. The van der Waals surface area contributed by atoms with Crippen LogP contribution in [-0.4, -0.2) is 0 Å². The largest absolute Gasteiger partial charge is 0.0625 e. The monoisotopic (exact) mass is 168 g/mol. The summed E-state index contributed by atoms with van der Waals surface area (Å²) in [6.07, 6.45) is 4.32. The molecule has 0 bridgehead atoms. The fourth-order valence-electron chi connectivity index (χ4n) is 3.56. The second kappa shape index (κ2) is 3.40. The molecular formula is C12H24. The van der Waals surface area contributed by atoms with Gasteiger partial charge in [-0.3, -0.25) is 0 Å². The Balaban J connectivity index is 2.74. The summed E-state index contributed by atoms with van der Waals surface area (Å²) in [7, 11) is 0. The van der Waals surface area contributed by atoms with Gasteiger partial charge < -0.3 is 0 Å². The summed E-state index contributed by atoms with van der Waals surface area (Å²) in [6, 6.07) is 0. The van der Waals surface area contributed by atoms with Crippen LogP contribution in [0.25, 0.3) is 0 Å². The predicted molar refractivity (Wildman–Crippen MR) is 55.1 cm³/mol. The van der Waals surface area contributed by atoms with Crippen LogP contribution in [0.5, 0.6) is 0 Å². The van der Waals surface area contributed by atoms with Gasteiger partial charge in [-0.05, 0) is 29.6 Å². The lowest BCUT2D eigenvalue weighted by atomic mass is 9.60. The van der Waals surface area contributed by atoms with Gasteiger partial charge in [0.15, 0.2) is 0 Å². The van der Waals surface area contributed by atoms with E-state index in [0.29, 0.717) is 5.41 Å². The Hall–Kier alpha value is 0. The maximum atomic E-state index is 2.45. The molecule has 1 rings (SSSR count). The van der Waals surface area contributed by atoms with Crippen molar-refractivity contribution in [3.8, 4) is 0 Å². The molecule has 1 unspecified atom stereocenters. The van der Waals surface area contributed by atoms with E-state index in [1.54, 1.807) is 0 Å². The molecule has 2 atom stereocenters. The highest BCUT2D eigenvalue weighted by Gasteiger charge is 2.38. The van der Waals surface area contributed by atoms with Gasteiger partial charge in [0.25, 0.3) is 0 Å². The Morgan fingerprint density at radius 2 is 1.83 bits per heavy atom. The van der Waals surface area contributed by atoms with Crippen LogP contribution in [0.3, 0.4) is 0 Å². The Kier molecular flexibility index (Phi) is 2.85. The van der Waals surface area contributed by atoms with Gasteiger partial charge in [-0.2, -0.15) is 0 Å². The van der Waals surface area contributed by atoms with Crippen molar-refractivity contribution in [2.24, 2.45) is 23.2 Å². The second-order valence-corrected chi connectivity index (χ2v) is 5.63. The van der Waals surface area contributed by atoms with Gasteiger partial charge in [0.2, 0.25) is 0 Å². The standard InChI is InChI=1S/C12H24/c1-9(2)11-10(3)7-6-8-12(11,4)5/h9-11H,6-8H2,1-5H3/t10?,11-/m0/s1. The van der Waals surface area contributed by atoms with Crippen LogP contribution in [0, 0.1) is 23.2 Å². The molecule has 0 aromatic carbocycles. The highest BCUT2D eigenvalue weighted by molar-refractivity contribution is 4.87. The van der Waals surface area contributed by atoms with Crippen LogP contribution >= 0.6 is 0 Å². The van der Waals surface area contributed by atoms with Crippen LogP contribution in [0.1, 0.15) is 53.9 Å². The summed E-state index contributed by atoms with van der Waals surface area (Å²) in [4.78, 5) is 0. The first-order chi connectivity index (χ1) is 5.45. The minimum absolute atomic E-state index is 0.589. The van der Waals surface area contributed by atoms with E-state index in [-0.39, 0.29) is 0 Å². The molecule has 72 valence electrons. The van der Waals surface area contributed by atoms with Gasteiger partial charge in [0.1, 0.15) is 0 Å². The minimum Gasteiger partial charge on any atom is -0.0625 e. The molecule has 0 N–H and O–H groups in total. The molecule has 0 aromatic heterocycles. The first-order valence-corrected chi connectivity index (χ1v) is 5.45. The zero-order valence-electron chi connectivity index (χ0n) is 9.35. The summed E-state index contributed by atoms with van der Waals surface area (Å²) in [5, 5.41) is 0. The van der Waals surface area contributed by atoms with Gasteiger partial charge in [-0.1, -0.05) is 47.5 Å². The van der Waals surface area contributed by atoms with Crippen molar-refractivity contribution in [3.05, 3.63) is 0 Å². The van der Waals surface area contributed by atoms with Gasteiger partial charge >= 0.3 is 0 Å². The average Bonchev–Trinajstić information content (AvgIpc) is 1.82. The molecule has 0 heteroatoms. The molecule has 0 nitrogen and oxygen atoms in total. The normalized spacial score (nSPS) is 35.5. The van der Waals surface area contributed by atoms with Crippen molar-refractivity contribution in [2.75, 3.05) is 0 Å². The van der Waals surface area contributed by atoms with E-state index >= 15 is 0 Å². The SMILES string of the molecule is CC(C)[C@H]1C(C)CCCC1(C)C. The fraction of sp³-hybridized carbons (Fsp3) is 1.00. The lowest BCUT2D eigenvalue weighted by Crippen LogP contribution is -2.36. The number of hydrogen-bond donors (Lipinski definition) is 0. The lowest BCUT2D eigenvalue weighted by Gasteiger charge is -2.45. The smallest absolute Gasteiger partial charge is 0.0314 e. The van der Waals surface area contributed by atoms with Crippen LogP contribution < -0.4 is 0 Å². The summed E-state index contributed by atoms with van der Waals surface area (Å²) < 4.78 is 0. The molecule has 12 heavy (non-hydrogen) atoms. The van der Waals surface area contributed by atoms with Crippen molar-refractivity contribution < 1.29 is 0 Å². The zero-order chi connectivity index (χ0) is 9.35. The van der Waals surface area contributed by atoms with E-state index in [0.717, 1.165) is 17.8 Å². The molecule has 0 radical (unpaired) electrons. The van der Waals surface area contributed by atoms with Gasteiger partial charge in [0, 0.05) is 0 Å². The topological polar surface area (TPSA) is 0 Å². The van der Waals surface area contributed by atoms with E-state index < -0.39 is 0 Å². The quantitative estimate of drug-likeness (QED) is 0.553. The maximum absolute atomic E-state index is 2.45. The van der Waals surface area contributed by atoms with Crippen molar-refractivity contribution in [3.63, 3.8) is 0 Å². The number of hydrogen-bond acceptors (Lipinski definition) is 0. The predicted octanol–water partition coefficient (Wildman–Crippen LogP) is 4.10. The van der Waals surface area contributed by atoms with Gasteiger partial charge in [0.05, 0.1) is 0 Å². The first kappa shape index (κ1) is 10.1. The molecule has 1 saturated carbocycles. The molecule has 0 heterocycles. The average molecular weight is 168 g/mol. The highest BCUT2D eigenvalue weighted by Crippen LogP contribution is 2.47. The van der Waals surface area contributed by atoms with Crippen LogP contribution in [0.2, 0.25) is 0 Å². The molecular weight excluding hydrogens is 144 g/mol. The number of rotatable bonds is 1. The summed E-state index contributed by atoms with van der Waals surface area (Å²) in [5.74, 6) is 2.73. The van der Waals surface area contributed by atoms with E-state index in [4.69, 9.17) is 0 Å². The summed E-state index contributed by atoms with van der Waals surface area (Å²) in [6.45, 7) is 12.1. The third kappa shape index (κ3) is 1.84. The van der Waals surface area contributed by atoms with E-state index in [1.165, 1.54) is 19.3 Å². The molecule has 0 aromatic rings. The van der Waals surface area contributed by atoms with Crippen molar-refractivity contribution >= 4 is 0 Å². The van der Waals surface area contributed by atoms with Gasteiger partial charge in [-0.25, -0.2) is 0 Å².